The Labute approximate surface area is 204 Å². The zero-order chi connectivity index (χ0) is 22.6. The summed E-state index contributed by atoms with van der Waals surface area (Å²) in [5, 5.41) is 5.54. The van der Waals surface area contributed by atoms with Crippen LogP contribution in [0.2, 0.25) is 10.0 Å². The Morgan fingerprint density at radius 3 is 2.64 bits per heavy atom. The van der Waals surface area contributed by atoms with Crippen LogP contribution in [0, 0.1) is 12.3 Å². The first-order valence-corrected chi connectivity index (χ1v) is 12.5. The van der Waals surface area contributed by atoms with E-state index in [2.05, 4.69) is 27.2 Å². The van der Waals surface area contributed by atoms with Crippen LogP contribution in [0.3, 0.4) is 0 Å². The van der Waals surface area contributed by atoms with E-state index in [0.29, 0.717) is 28.0 Å². The summed E-state index contributed by atoms with van der Waals surface area (Å²) in [5.74, 6) is 1.37. The molecule has 3 heterocycles. The van der Waals surface area contributed by atoms with Crippen molar-refractivity contribution in [3.05, 3.63) is 63.6 Å². The summed E-state index contributed by atoms with van der Waals surface area (Å²) in [7, 11) is 0. The van der Waals surface area contributed by atoms with Crippen LogP contribution in [0.25, 0.3) is 11.3 Å². The van der Waals surface area contributed by atoms with Gasteiger partial charge in [-0.1, -0.05) is 34.4 Å². The Bertz CT molecular complexity index is 1150. The standard InChI is InChI=1S/C26H27Cl2N3O2/c1-16-5-8-18(13-29-16)31-10-9-26(15-31)11-19(12-26)32-14-20-24(30-33-25(20)17-6-7-17)23-21(27)3-2-4-22(23)28/h2-5,8,13,17,19H,6-7,9-12,14-15H2,1H3. The number of pyridine rings is 1. The number of halogens is 2. The molecule has 0 amide bonds. The molecule has 2 saturated carbocycles. The molecule has 33 heavy (non-hydrogen) atoms. The Morgan fingerprint density at radius 2 is 1.94 bits per heavy atom. The highest BCUT2D eigenvalue weighted by atomic mass is 35.5. The molecular weight excluding hydrogens is 457 g/mol. The summed E-state index contributed by atoms with van der Waals surface area (Å²) >= 11 is 13.0. The molecule has 2 aliphatic carbocycles. The van der Waals surface area contributed by atoms with Crippen molar-refractivity contribution in [1.82, 2.24) is 10.1 Å². The van der Waals surface area contributed by atoms with Gasteiger partial charge in [0.2, 0.25) is 0 Å². The van der Waals surface area contributed by atoms with Crippen molar-refractivity contribution < 1.29 is 9.26 Å². The van der Waals surface area contributed by atoms with E-state index in [4.69, 9.17) is 32.5 Å². The molecule has 3 fully saturated rings. The highest BCUT2D eigenvalue weighted by Gasteiger charge is 2.49. The first-order chi connectivity index (χ1) is 16.0. The number of anilines is 1. The maximum absolute atomic E-state index is 6.48. The summed E-state index contributed by atoms with van der Waals surface area (Å²) in [4.78, 5) is 6.92. The third-order valence-electron chi connectivity index (χ3n) is 7.45. The molecular formula is C26H27Cl2N3O2. The lowest BCUT2D eigenvalue weighted by Crippen LogP contribution is -2.44. The van der Waals surface area contributed by atoms with Gasteiger partial charge in [-0.3, -0.25) is 4.98 Å². The van der Waals surface area contributed by atoms with Crippen molar-refractivity contribution in [2.45, 2.75) is 57.7 Å². The number of benzene rings is 1. The fraction of sp³-hybridized carbons (Fsp3) is 0.462. The van der Waals surface area contributed by atoms with E-state index in [1.807, 2.05) is 31.3 Å². The lowest BCUT2D eigenvalue weighted by molar-refractivity contribution is -0.0796. The van der Waals surface area contributed by atoms with Gasteiger partial charge in [0, 0.05) is 35.8 Å². The fourth-order valence-electron chi connectivity index (χ4n) is 5.41. The van der Waals surface area contributed by atoms with E-state index >= 15 is 0 Å². The highest BCUT2D eigenvalue weighted by molar-refractivity contribution is 6.39. The van der Waals surface area contributed by atoms with Gasteiger partial charge in [-0.25, -0.2) is 0 Å². The van der Waals surface area contributed by atoms with Gasteiger partial charge in [-0.2, -0.15) is 0 Å². The monoisotopic (exact) mass is 483 g/mol. The second-order valence-corrected chi connectivity index (χ2v) is 10.7. The van der Waals surface area contributed by atoms with Crippen LogP contribution >= 0.6 is 23.2 Å². The molecule has 1 spiro atoms. The maximum atomic E-state index is 6.48. The molecule has 1 aromatic carbocycles. The molecule has 6 rings (SSSR count). The Morgan fingerprint density at radius 1 is 1.15 bits per heavy atom. The topological polar surface area (TPSA) is 51.4 Å². The van der Waals surface area contributed by atoms with Crippen molar-refractivity contribution in [3.8, 4) is 11.3 Å². The van der Waals surface area contributed by atoms with Crippen LogP contribution in [-0.4, -0.2) is 29.3 Å². The number of hydrogen-bond acceptors (Lipinski definition) is 5. The van der Waals surface area contributed by atoms with Gasteiger partial charge in [0.05, 0.1) is 34.6 Å². The Hall–Kier alpha value is -2.08. The van der Waals surface area contributed by atoms with Crippen LogP contribution in [0.15, 0.2) is 41.1 Å². The normalized spacial score (nSPS) is 24.5. The van der Waals surface area contributed by atoms with Gasteiger partial charge >= 0.3 is 0 Å². The van der Waals surface area contributed by atoms with E-state index in [-0.39, 0.29) is 6.10 Å². The SMILES string of the molecule is Cc1ccc(N2CCC3(CC(OCc4c(-c5c(Cl)cccc5Cl)noc4C4CC4)C3)C2)cn1. The van der Waals surface area contributed by atoms with Gasteiger partial charge in [0.15, 0.2) is 0 Å². The van der Waals surface area contributed by atoms with Gasteiger partial charge < -0.3 is 14.2 Å². The average Bonchev–Trinajstić information content (AvgIpc) is 3.38. The minimum atomic E-state index is 0.262. The largest absolute Gasteiger partial charge is 0.373 e. The van der Waals surface area contributed by atoms with Crippen LogP contribution in [0.4, 0.5) is 5.69 Å². The predicted octanol–water partition coefficient (Wildman–Crippen LogP) is 6.80. The number of nitrogens with zero attached hydrogens (tertiary/aromatic N) is 3. The van der Waals surface area contributed by atoms with Crippen molar-refractivity contribution in [3.63, 3.8) is 0 Å². The zero-order valence-electron chi connectivity index (χ0n) is 18.7. The fourth-order valence-corrected chi connectivity index (χ4v) is 5.99. The summed E-state index contributed by atoms with van der Waals surface area (Å²) in [6, 6.07) is 9.79. The molecule has 5 nitrogen and oxygen atoms in total. The van der Waals surface area contributed by atoms with E-state index < -0.39 is 0 Å². The molecule has 172 valence electrons. The number of aromatic nitrogens is 2. The maximum Gasteiger partial charge on any atom is 0.145 e. The minimum Gasteiger partial charge on any atom is -0.373 e. The van der Waals surface area contributed by atoms with E-state index in [0.717, 1.165) is 67.0 Å². The number of hydrogen-bond donors (Lipinski definition) is 0. The van der Waals surface area contributed by atoms with Gasteiger partial charge in [-0.05, 0) is 68.7 Å². The highest BCUT2D eigenvalue weighted by Crippen LogP contribution is 2.51. The summed E-state index contributed by atoms with van der Waals surface area (Å²) in [6.07, 6.45) is 7.92. The van der Waals surface area contributed by atoms with E-state index in [1.54, 1.807) is 0 Å². The molecule has 0 radical (unpaired) electrons. The predicted molar refractivity (Wildman–Crippen MR) is 130 cm³/mol. The molecule has 1 aliphatic heterocycles. The van der Waals surface area contributed by atoms with Crippen LogP contribution in [0.5, 0.6) is 0 Å². The van der Waals surface area contributed by atoms with Gasteiger partial charge in [-0.15, -0.1) is 0 Å². The van der Waals surface area contributed by atoms with Crippen molar-refractivity contribution >= 4 is 28.9 Å². The number of ether oxygens (including phenoxy) is 1. The minimum absolute atomic E-state index is 0.262. The third-order valence-corrected chi connectivity index (χ3v) is 8.08. The lowest BCUT2D eigenvalue weighted by atomic mass is 9.66. The van der Waals surface area contributed by atoms with E-state index in [1.165, 1.54) is 12.1 Å². The van der Waals surface area contributed by atoms with Crippen LogP contribution in [-0.2, 0) is 11.3 Å². The second-order valence-electron chi connectivity index (χ2n) is 9.92. The smallest absolute Gasteiger partial charge is 0.145 e. The van der Waals surface area contributed by atoms with Crippen LogP contribution < -0.4 is 4.90 Å². The Kier molecular flexibility index (Phi) is 5.39. The third kappa shape index (κ3) is 4.05. The molecule has 0 N–H and O–H groups in total. The van der Waals surface area contributed by atoms with Gasteiger partial charge in [0.1, 0.15) is 11.5 Å². The first kappa shape index (κ1) is 21.5. The van der Waals surface area contributed by atoms with Crippen molar-refractivity contribution in [1.29, 1.82) is 0 Å². The molecule has 2 aromatic heterocycles. The second kappa shape index (κ2) is 8.30. The summed E-state index contributed by atoms with van der Waals surface area (Å²) in [5.41, 5.74) is 5.10. The zero-order valence-corrected chi connectivity index (χ0v) is 20.2. The Balaban J connectivity index is 1.13. The molecule has 0 bridgehead atoms. The molecule has 3 aromatic rings. The molecule has 0 atom stereocenters. The first-order valence-electron chi connectivity index (χ1n) is 11.7. The van der Waals surface area contributed by atoms with Crippen molar-refractivity contribution in [2.24, 2.45) is 5.41 Å². The van der Waals surface area contributed by atoms with Gasteiger partial charge in [0.25, 0.3) is 0 Å². The summed E-state index contributed by atoms with van der Waals surface area (Å²) in [6.45, 7) is 4.68. The quantitative estimate of drug-likeness (QED) is 0.385. The number of rotatable bonds is 6. The van der Waals surface area contributed by atoms with E-state index in [9.17, 15) is 0 Å². The molecule has 1 saturated heterocycles. The summed E-state index contributed by atoms with van der Waals surface area (Å²) < 4.78 is 12.2. The molecule has 0 unspecified atom stereocenters. The van der Waals surface area contributed by atoms with Crippen molar-refractivity contribution in [2.75, 3.05) is 18.0 Å². The average molecular weight is 484 g/mol. The number of aryl methyl sites for hydroxylation is 1. The molecule has 3 aliphatic rings. The molecule has 7 heteroatoms. The van der Waals surface area contributed by atoms with Crippen LogP contribution in [0.1, 0.15) is 55.0 Å². The lowest BCUT2D eigenvalue weighted by Gasteiger charge is -2.45.